The van der Waals surface area contributed by atoms with Crippen LogP contribution in [0, 0.1) is 0 Å². The molecule has 18 heavy (non-hydrogen) atoms. The third kappa shape index (κ3) is 2.76. The van der Waals surface area contributed by atoms with Gasteiger partial charge in [0.25, 0.3) is 0 Å². The monoisotopic (exact) mass is 249 g/mol. The molecule has 4 heteroatoms. The molecular formula is C14H23N3O. The fraction of sp³-hybridized carbons (Fsp3) is 0.571. The summed E-state index contributed by atoms with van der Waals surface area (Å²) in [6.07, 6.45) is 1.09. The lowest BCUT2D eigenvalue weighted by Gasteiger charge is -2.23. The van der Waals surface area contributed by atoms with Gasteiger partial charge >= 0.3 is 0 Å². The molecule has 2 N–H and O–H groups in total. The first-order valence-corrected chi connectivity index (χ1v) is 6.43. The Labute approximate surface area is 109 Å². The number of methoxy groups -OCH3 is 1. The van der Waals surface area contributed by atoms with E-state index >= 15 is 0 Å². The summed E-state index contributed by atoms with van der Waals surface area (Å²) >= 11 is 0. The van der Waals surface area contributed by atoms with Gasteiger partial charge in [-0.15, -0.1) is 0 Å². The van der Waals surface area contributed by atoms with Gasteiger partial charge in [0.05, 0.1) is 7.11 Å². The molecule has 4 nitrogen and oxygen atoms in total. The predicted octanol–water partition coefficient (Wildman–Crippen LogP) is 1.29. The molecule has 1 aliphatic rings. The molecule has 1 saturated heterocycles. The first-order valence-electron chi connectivity index (χ1n) is 6.43. The van der Waals surface area contributed by atoms with Crippen LogP contribution in [0.2, 0.25) is 0 Å². The van der Waals surface area contributed by atoms with Crippen LogP contribution in [-0.4, -0.2) is 45.2 Å². The van der Waals surface area contributed by atoms with Crippen LogP contribution in [0.25, 0.3) is 0 Å². The highest BCUT2D eigenvalue weighted by molar-refractivity contribution is 5.58. The largest absolute Gasteiger partial charge is 0.496 e. The lowest BCUT2D eigenvalue weighted by atomic mass is 10.1. The number of ether oxygens (including phenoxy) is 1. The maximum Gasteiger partial charge on any atom is 0.125 e. The third-order valence-electron chi connectivity index (χ3n) is 3.50. The minimum atomic E-state index is 0.322. The van der Waals surface area contributed by atoms with Crippen LogP contribution in [0.1, 0.15) is 12.0 Å². The maximum atomic E-state index is 5.96. The Bertz CT molecular complexity index is 406. The van der Waals surface area contributed by atoms with E-state index in [1.54, 1.807) is 7.11 Å². The highest BCUT2D eigenvalue weighted by atomic mass is 16.5. The van der Waals surface area contributed by atoms with Gasteiger partial charge in [0, 0.05) is 51.0 Å². The number of anilines is 1. The minimum Gasteiger partial charge on any atom is -0.496 e. The summed E-state index contributed by atoms with van der Waals surface area (Å²) in [5.74, 6) is 0.960. The van der Waals surface area contributed by atoms with Crippen LogP contribution in [-0.2, 0) is 6.54 Å². The van der Waals surface area contributed by atoms with Crippen LogP contribution in [0.5, 0.6) is 5.75 Å². The van der Waals surface area contributed by atoms with Gasteiger partial charge in [-0.1, -0.05) is 6.07 Å². The normalized spacial score (nSPS) is 20.1. The second-order valence-electron chi connectivity index (χ2n) is 5.14. The van der Waals surface area contributed by atoms with Crippen LogP contribution in [0.15, 0.2) is 18.2 Å². The molecule has 1 aromatic rings. The molecule has 2 rings (SSSR count). The molecule has 1 aliphatic heterocycles. The molecule has 0 bridgehead atoms. The van der Waals surface area contributed by atoms with Gasteiger partial charge in [0.2, 0.25) is 0 Å². The topological polar surface area (TPSA) is 41.7 Å². The van der Waals surface area contributed by atoms with E-state index in [2.05, 4.69) is 30.0 Å². The second kappa shape index (κ2) is 5.59. The van der Waals surface area contributed by atoms with E-state index in [1.807, 2.05) is 12.1 Å². The van der Waals surface area contributed by atoms with E-state index in [9.17, 15) is 0 Å². The molecule has 0 aliphatic carbocycles. The van der Waals surface area contributed by atoms with Crippen molar-refractivity contribution in [1.82, 2.24) is 4.90 Å². The van der Waals surface area contributed by atoms with E-state index in [0.29, 0.717) is 6.04 Å². The average molecular weight is 249 g/mol. The summed E-state index contributed by atoms with van der Waals surface area (Å²) in [6, 6.07) is 6.52. The Balaban J connectivity index is 2.23. The lowest BCUT2D eigenvalue weighted by molar-refractivity contribution is 0.317. The molecule has 100 valence electrons. The van der Waals surface area contributed by atoms with E-state index in [0.717, 1.165) is 31.8 Å². The summed E-state index contributed by atoms with van der Waals surface area (Å²) < 4.78 is 5.49. The minimum absolute atomic E-state index is 0.322. The number of likely N-dealkylation sites (tertiary alicyclic amines) is 1. The van der Waals surface area contributed by atoms with Gasteiger partial charge in [-0.3, -0.25) is 4.90 Å². The molecule has 1 heterocycles. The lowest BCUT2D eigenvalue weighted by Crippen LogP contribution is -2.27. The van der Waals surface area contributed by atoms with Crippen molar-refractivity contribution in [2.75, 3.05) is 39.2 Å². The standard InChI is InChI=1S/C14H23N3O/c1-16(2)13-5-4-6-14(18-3)12(13)10-17-8-7-11(15)9-17/h4-6,11H,7-10,15H2,1-3H3/t11-/m0/s1. The molecule has 1 aromatic carbocycles. The molecular weight excluding hydrogens is 226 g/mol. The smallest absolute Gasteiger partial charge is 0.125 e. The summed E-state index contributed by atoms with van der Waals surface area (Å²) in [5, 5.41) is 0. The Hall–Kier alpha value is -1.26. The zero-order valence-electron chi connectivity index (χ0n) is 11.5. The summed E-state index contributed by atoms with van der Waals surface area (Å²) in [6.45, 7) is 2.96. The van der Waals surface area contributed by atoms with Crippen molar-refractivity contribution < 1.29 is 4.74 Å². The molecule has 0 radical (unpaired) electrons. The van der Waals surface area contributed by atoms with Crippen molar-refractivity contribution in [3.05, 3.63) is 23.8 Å². The molecule has 0 spiro atoms. The van der Waals surface area contributed by atoms with Gasteiger partial charge in [-0.25, -0.2) is 0 Å². The van der Waals surface area contributed by atoms with E-state index in [1.165, 1.54) is 11.3 Å². The molecule has 1 atom stereocenters. The van der Waals surface area contributed by atoms with Crippen molar-refractivity contribution in [2.45, 2.75) is 19.0 Å². The van der Waals surface area contributed by atoms with Crippen LogP contribution < -0.4 is 15.4 Å². The summed E-state index contributed by atoms with van der Waals surface area (Å²) in [4.78, 5) is 4.53. The van der Waals surface area contributed by atoms with Crippen molar-refractivity contribution >= 4 is 5.69 Å². The van der Waals surface area contributed by atoms with Crippen molar-refractivity contribution in [2.24, 2.45) is 5.73 Å². The average Bonchev–Trinajstić information content (AvgIpc) is 2.75. The van der Waals surface area contributed by atoms with E-state index < -0.39 is 0 Å². The zero-order valence-corrected chi connectivity index (χ0v) is 11.5. The molecule has 0 saturated carbocycles. The number of nitrogens with two attached hydrogens (primary N) is 1. The molecule has 0 unspecified atom stereocenters. The summed E-state index contributed by atoms with van der Waals surface area (Å²) in [5.41, 5.74) is 8.43. The van der Waals surface area contributed by atoms with Gasteiger partial charge in [0.15, 0.2) is 0 Å². The number of nitrogens with zero attached hydrogens (tertiary/aromatic N) is 2. The Morgan fingerprint density at radius 2 is 2.22 bits per heavy atom. The predicted molar refractivity (Wildman–Crippen MR) is 75.2 cm³/mol. The number of hydrogen-bond donors (Lipinski definition) is 1. The Morgan fingerprint density at radius 3 is 2.78 bits per heavy atom. The quantitative estimate of drug-likeness (QED) is 0.873. The maximum absolute atomic E-state index is 5.96. The van der Waals surface area contributed by atoms with E-state index in [-0.39, 0.29) is 0 Å². The SMILES string of the molecule is COc1cccc(N(C)C)c1CN1CC[C@H](N)C1. The van der Waals surface area contributed by atoms with Gasteiger partial charge in [0.1, 0.15) is 5.75 Å². The van der Waals surface area contributed by atoms with Gasteiger partial charge < -0.3 is 15.4 Å². The van der Waals surface area contributed by atoms with Crippen LogP contribution in [0.4, 0.5) is 5.69 Å². The molecule has 1 fully saturated rings. The number of benzene rings is 1. The molecule has 0 amide bonds. The second-order valence-corrected chi connectivity index (χ2v) is 5.14. The highest BCUT2D eigenvalue weighted by Gasteiger charge is 2.21. The van der Waals surface area contributed by atoms with Crippen LogP contribution >= 0.6 is 0 Å². The first-order chi connectivity index (χ1) is 8.61. The van der Waals surface area contributed by atoms with Gasteiger partial charge in [-0.2, -0.15) is 0 Å². The third-order valence-corrected chi connectivity index (χ3v) is 3.50. The zero-order chi connectivity index (χ0) is 13.1. The van der Waals surface area contributed by atoms with Gasteiger partial charge in [-0.05, 0) is 18.6 Å². The highest BCUT2D eigenvalue weighted by Crippen LogP contribution is 2.30. The first kappa shape index (κ1) is 13.2. The number of rotatable bonds is 4. The Morgan fingerprint density at radius 1 is 1.44 bits per heavy atom. The fourth-order valence-corrected chi connectivity index (χ4v) is 2.55. The van der Waals surface area contributed by atoms with Crippen molar-refractivity contribution in [3.8, 4) is 5.75 Å². The van der Waals surface area contributed by atoms with Crippen molar-refractivity contribution in [3.63, 3.8) is 0 Å². The summed E-state index contributed by atoms with van der Waals surface area (Å²) in [7, 11) is 5.86. The Kier molecular flexibility index (Phi) is 4.09. The van der Waals surface area contributed by atoms with Crippen molar-refractivity contribution in [1.29, 1.82) is 0 Å². The van der Waals surface area contributed by atoms with Crippen LogP contribution in [0.3, 0.4) is 0 Å². The number of hydrogen-bond acceptors (Lipinski definition) is 4. The fourth-order valence-electron chi connectivity index (χ4n) is 2.55. The molecule has 0 aromatic heterocycles. The van der Waals surface area contributed by atoms with E-state index in [4.69, 9.17) is 10.5 Å².